The fraction of sp³-hybridized carbons (Fsp3) is 0.571. The molecule has 1 aromatic carbocycles. The van der Waals surface area contributed by atoms with Gasteiger partial charge in [0.05, 0.1) is 24.5 Å². The molecule has 0 spiro atoms. The van der Waals surface area contributed by atoms with E-state index in [1.165, 1.54) is 0 Å². The predicted octanol–water partition coefficient (Wildman–Crippen LogP) is 1.51. The molecule has 1 saturated carbocycles. The zero-order valence-electron chi connectivity index (χ0n) is 11.3. The van der Waals surface area contributed by atoms with E-state index in [0.717, 1.165) is 23.1 Å². The average Bonchev–Trinajstić information content (AvgIpc) is 2.75. The van der Waals surface area contributed by atoms with Crippen LogP contribution in [0.15, 0.2) is 18.2 Å². The molecule has 104 valence electrons. The Balaban J connectivity index is 1.74. The summed E-state index contributed by atoms with van der Waals surface area (Å²) in [6.07, 6.45) is 0.916. The number of sulfonamides is 1. The molecule has 0 amide bonds. The number of benzene rings is 1. The monoisotopic (exact) mass is 281 g/mol. The molecule has 1 heterocycles. The zero-order chi connectivity index (χ0) is 13.7. The molecule has 3 rings (SSSR count). The first kappa shape index (κ1) is 13.1. The molecule has 2 aliphatic rings. The Bertz CT molecular complexity index is 591. The average molecular weight is 281 g/mol. The van der Waals surface area contributed by atoms with E-state index >= 15 is 0 Å². The van der Waals surface area contributed by atoms with Crippen molar-refractivity contribution < 1.29 is 13.2 Å². The van der Waals surface area contributed by atoms with Crippen molar-refractivity contribution in [3.05, 3.63) is 34.9 Å². The molecule has 4 nitrogen and oxygen atoms in total. The molecule has 19 heavy (non-hydrogen) atoms. The van der Waals surface area contributed by atoms with Gasteiger partial charge in [-0.3, -0.25) is 0 Å². The highest BCUT2D eigenvalue weighted by atomic mass is 32.2. The second-order valence-corrected chi connectivity index (χ2v) is 7.65. The fourth-order valence-corrected chi connectivity index (χ4v) is 4.64. The molecule has 0 bridgehead atoms. The first-order valence-corrected chi connectivity index (χ1v) is 8.20. The van der Waals surface area contributed by atoms with Gasteiger partial charge in [-0.2, -0.15) is 0 Å². The van der Waals surface area contributed by atoms with Gasteiger partial charge < -0.3 is 4.74 Å². The van der Waals surface area contributed by atoms with Gasteiger partial charge in [0, 0.05) is 5.92 Å². The molecule has 2 atom stereocenters. The van der Waals surface area contributed by atoms with E-state index in [9.17, 15) is 8.42 Å². The van der Waals surface area contributed by atoms with Crippen LogP contribution in [0.25, 0.3) is 0 Å². The van der Waals surface area contributed by atoms with Gasteiger partial charge in [-0.25, -0.2) is 13.1 Å². The van der Waals surface area contributed by atoms with Crippen LogP contribution in [-0.4, -0.2) is 27.2 Å². The van der Waals surface area contributed by atoms with Crippen LogP contribution in [0.2, 0.25) is 0 Å². The molecule has 1 aliphatic carbocycles. The van der Waals surface area contributed by atoms with Gasteiger partial charge in [0.25, 0.3) is 0 Å². The highest BCUT2D eigenvalue weighted by Gasteiger charge is 2.60. The van der Waals surface area contributed by atoms with Crippen LogP contribution in [0.3, 0.4) is 0 Å². The summed E-state index contributed by atoms with van der Waals surface area (Å²) < 4.78 is 32.6. The van der Waals surface area contributed by atoms with Crippen LogP contribution >= 0.6 is 0 Å². The van der Waals surface area contributed by atoms with Gasteiger partial charge in [-0.05, 0) is 25.8 Å². The van der Waals surface area contributed by atoms with E-state index in [1.807, 2.05) is 32.0 Å². The second kappa shape index (κ2) is 4.30. The van der Waals surface area contributed by atoms with E-state index in [4.69, 9.17) is 4.74 Å². The number of fused-ring (bicyclic) bond motifs is 1. The van der Waals surface area contributed by atoms with Crippen molar-refractivity contribution >= 4 is 10.0 Å². The normalized spacial score (nSPS) is 29.3. The summed E-state index contributed by atoms with van der Waals surface area (Å²) in [6, 6.07) is 5.91. The molecule has 0 radical (unpaired) electrons. The zero-order valence-corrected chi connectivity index (χ0v) is 12.1. The summed E-state index contributed by atoms with van der Waals surface area (Å²) in [7, 11) is -3.30. The van der Waals surface area contributed by atoms with Gasteiger partial charge in [0.1, 0.15) is 0 Å². The van der Waals surface area contributed by atoms with Crippen molar-refractivity contribution in [2.24, 2.45) is 5.92 Å². The topological polar surface area (TPSA) is 55.4 Å². The molecule has 2 fully saturated rings. The Morgan fingerprint density at radius 2 is 2.00 bits per heavy atom. The van der Waals surface area contributed by atoms with Crippen molar-refractivity contribution in [2.75, 3.05) is 13.2 Å². The Kier molecular flexibility index (Phi) is 2.96. The lowest BCUT2D eigenvalue weighted by Crippen LogP contribution is -2.40. The third-order valence-electron chi connectivity index (χ3n) is 3.91. The molecule has 0 aromatic heterocycles. The molecular weight excluding hydrogens is 262 g/mol. The van der Waals surface area contributed by atoms with Crippen LogP contribution in [0.1, 0.15) is 23.1 Å². The van der Waals surface area contributed by atoms with E-state index in [1.54, 1.807) is 0 Å². The molecule has 1 saturated heterocycles. The van der Waals surface area contributed by atoms with Gasteiger partial charge in [-0.15, -0.1) is 0 Å². The fourth-order valence-electron chi connectivity index (χ4n) is 3.03. The number of hydrogen-bond acceptors (Lipinski definition) is 3. The highest BCUT2D eigenvalue weighted by molar-refractivity contribution is 7.88. The summed E-state index contributed by atoms with van der Waals surface area (Å²) in [4.78, 5) is 0. The predicted molar refractivity (Wildman–Crippen MR) is 73.3 cm³/mol. The Hall–Kier alpha value is -0.910. The summed E-state index contributed by atoms with van der Waals surface area (Å²) in [5, 5.41) is 0. The lowest BCUT2D eigenvalue weighted by atomic mass is 10.1. The Labute approximate surface area is 114 Å². The smallest absolute Gasteiger partial charge is 0.216 e. The minimum absolute atomic E-state index is 0.0456. The maximum atomic E-state index is 12.2. The van der Waals surface area contributed by atoms with Crippen molar-refractivity contribution in [1.29, 1.82) is 0 Å². The molecule has 1 N–H and O–H groups in total. The number of nitrogens with one attached hydrogen (secondary N) is 1. The summed E-state index contributed by atoms with van der Waals surface area (Å²) in [5.74, 6) is 0.422. The minimum atomic E-state index is -3.30. The van der Waals surface area contributed by atoms with Gasteiger partial charge >= 0.3 is 0 Å². The third-order valence-corrected chi connectivity index (χ3v) is 5.34. The van der Waals surface area contributed by atoms with Crippen LogP contribution in [0.5, 0.6) is 0 Å². The SMILES string of the molecule is Cc1cc(C)cc(CS(=O)(=O)N[C@@]23COC[C@@H]2C3)c1. The third kappa shape index (κ3) is 2.68. The number of rotatable bonds is 4. The largest absolute Gasteiger partial charge is 0.379 e. The summed E-state index contributed by atoms with van der Waals surface area (Å²) >= 11 is 0. The maximum Gasteiger partial charge on any atom is 0.216 e. The van der Waals surface area contributed by atoms with Crippen molar-refractivity contribution in [3.8, 4) is 0 Å². The van der Waals surface area contributed by atoms with Crippen molar-refractivity contribution in [3.63, 3.8) is 0 Å². The van der Waals surface area contributed by atoms with Crippen molar-refractivity contribution in [2.45, 2.75) is 31.6 Å². The second-order valence-electron chi connectivity index (χ2n) is 5.93. The summed E-state index contributed by atoms with van der Waals surface area (Å²) in [5.41, 5.74) is 2.74. The molecule has 1 aliphatic heterocycles. The lowest BCUT2D eigenvalue weighted by molar-refractivity contribution is 0.158. The van der Waals surface area contributed by atoms with Crippen LogP contribution in [0, 0.1) is 19.8 Å². The van der Waals surface area contributed by atoms with E-state index in [2.05, 4.69) is 4.72 Å². The van der Waals surface area contributed by atoms with Crippen LogP contribution in [0.4, 0.5) is 0 Å². The van der Waals surface area contributed by atoms with Crippen molar-refractivity contribution in [1.82, 2.24) is 4.72 Å². The molecule has 5 heteroatoms. The van der Waals surface area contributed by atoms with Gasteiger partial charge in [0.15, 0.2) is 0 Å². The highest BCUT2D eigenvalue weighted by Crippen LogP contribution is 2.48. The first-order chi connectivity index (χ1) is 8.89. The quantitative estimate of drug-likeness (QED) is 0.910. The van der Waals surface area contributed by atoms with E-state index < -0.39 is 10.0 Å². The number of aryl methyl sites for hydroxylation is 2. The summed E-state index contributed by atoms with van der Waals surface area (Å²) in [6.45, 7) is 5.17. The molecule has 1 aromatic rings. The Morgan fingerprint density at radius 3 is 2.53 bits per heavy atom. The van der Waals surface area contributed by atoms with Gasteiger partial charge in [0.2, 0.25) is 10.0 Å². The minimum Gasteiger partial charge on any atom is -0.379 e. The van der Waals surface area contributed by atoms with E-state index in [-0.39, 0.29) is 11.3 Å². The van der Waals surface area contributed by atoms with Crippen LogP contribution < -0.4 is 4.72 Å². The van der Waals surface area contributed by atoms with E-state index in [0.29, 0.717) is 19.1 Å². The first-order valence-electron chi connectivity index (χ1n) is 6.55. The standard InChI is InChI=1S/C14H19NO3S/c1-10-3-11(2)5-12(4-10)8-19(16,17)15-14-6-13(14)7-18-9-14/h3-5,13,15H,6-9H2,1-2H3/t13-,14-/m0/s1. The van der Waals surface area contributed by atoms with Crippen LogP contribution in [-0.2, 0) is 20.5 Å². The molecule has 0 unspecified atom stereocenters. The maximum absolute atomic E-state index is 12.2. The van der Waals surface area contributed by atoms with Gasteiger partial charge in [-0.1, -0.05) is 29.3 Å². The number of ether oxygens (including phenoxy) is 1. The Morgan fingerprint density at radius 1 is 1.32 bits per heavy atom. The molecular formula is C14H19NO3S. The lowest BCUT2D eigenvalue weighted by Gasteiger charge is -2.14. The number of hydrogen-bond donors (Lipinski definition) is 1.